The predicted octanol–water partition coefficient (Wildman–Crippen LogP) is 3.69. The van der Waals surface area contributed by atoms with Crippen LogP contribution in [0.1, 0.15) is 66.4 Å². The molecule has 0 aliphatic rings. The monoisotopic (exact) mass is 584 g/mol. The number of nitrogens with zero attached hydrogens (tertiary/aromatic N) is 2. The Morgan fingerprint density at radius 2 is 0.930 bits per heavy atom. The molecule has 11 heteroatoms. The molecule has 43 heavy (non-hydrogen) atoms. The van der Waals surface area contributed by atoms with Crippen LogP contribution in [0.5, 0.6) is 11.8 Å². The van der Waals surface area contributed by atoms with Gasteiger partial charge in [-0.1, -0.05) is 60.7 Å². The van der Waals surface area contributed by atoms with E-state index in [9.17, 15) is 28.8 Å². The maximum Gasteiger partial charge on any atom is 0.343 e. The number of ketones is 2. The van der Waals surface area contributed by atoms with Gasteiger partial charge in [0.2, 0.25) is 11.8 Å². The minimum Gasteiger partial charge on any atom is -0.462 e. The minimum atomic E-state index is -0.942. The molecule has 4 rings (SSSR count). The van der Waals surface area contributed by atoms with Gasteiger partial charge in [-0.3, -0.25) is 28.3 Å². The lowest BCUT2D eigenvalue weighted by Crippen LogP contribution is -2.31. The highest BCUT2D eigenvalue weighted by Gasteiger charge is 2.29. The molecule has 0 aliphatic carbocycles. The van der Waals surface area contributed by atoms with Gasteiger partial charge in [-0.2, -0.15) is 0 Å². The summed E-state index contributed by atoms with van der Waals surface area (Å²) >= 11 is 0. The molecule has 0 atom stereocenters. The Hall–Kier alpha value is -5.58. The number of hydrogen-bond acceptors (Lipinski definition) is 9. The summed E-state index contributed by atoms with van der Waals surface area (Å²) in [4.78, 5) is 79.3. The summed E-state index contributed by atoms with van der Waals surface area (Å²) in [6, 6.07) is 18.2. The zero-order valence-electron chi connectivity index (χ0n) is 23.9. The van der Waals surface area contributed by atoms with Crippen LogP contribution in [0.4, 0.5) is 0 Å². The van der Waals surface area contributed by atoms with Crippen molar-refractivity contribution in [1.29, 1.82) is 0 Å². The molecule has 2 aromatic carbocycles. The summed E-state index contributed by atoms with van der Waals surface area (Å²) in [7, 11) is 2.54. The molecule has 4 aromatic rings. The second-order valence-corrected chi connectivity index (χ2v) is 9.22. The van der Waals surface area contributed by atoms with Crippen molar-refractivity contribution in [2.45, 2.75) is 13.8 Å². The number of esters is 2. The van der Waals surface area contributed by atoms with Crippen LogP contribution in [0.2, 0.25) is 0 Å². The molecule has 2 aromatic heterocycles. The first-order valence-electron chi connectivity index (χ1n) is 13.3. The molecule has 0 bridgehead atoms. The molecule has 0 saturated carbocycles. The van der Waals surface area contributed by atoms with E-state index in [-0.39, 0.29) is 47.2 Å². The first-order chi connectivity index (χ1) is 20.6. The lowest BCUT2D eigenvalue weighted by Gasteiger charge is -2.20. The van der Waals surface area contributed by atoms with Gasteiger partial charge in [0, 0.05) is 25.2 Å². The quantitative estimate of drug-likeness (QED) is 0.202. The molecule has 0 unspecified atom stereocenters. The van der Waals surface area contributed by atoms with Crippen molar-refractivity contribution in [3.05, 3.63) is 127 Å². The van der Waals surface area contributed by atoms with Crippen molar-refractivity contribution in [3.63, 3.8) is 0 Å². The maximum absolute atomic E-state index is 13.7. The topological polar surface area (TPSA) is 140 Å². The molecular weight excluding hydrogens is 556 g/mol. The third-order valence-electron chi connectivity index (χ3n) is 6.46. The van der Waals surface area contributed by atoms with E-state index in [0.717, 1.165) is 21.3 Å². The molecule has 220 valence electrons. The molecule has 0 aliphatic heterocycles. The van der Waals surface area contributed by atoms with E-state index in [1.54, 1.807) is 50.2 Å². The SMILES string of the molecule is CCOC(=O)c1cc(C(=O)c2ccccc2)c(Oc2c(C(=O)c3ccccc3)cc(C(=O)OCC)c(=O)n2C)n(C)c1=O. The summed E-state index contributed by atoms with van der Waals surface area (Å²) in [6.07, 6.45) is 0. The number of pyridine rings is 2. The minimum absolute atomic E-state index is 0.0118. The molecule has 0 N–H and O–H groups in total. The average Bonchev–Trinajstić information content (AvgIpc) is 3.02. The first-order valence-corrected chi connectivity index (χ1v) is 13.3. The van der Waals surface area contributed by atoms with Gasteiger partial charge < -0.3 is 14.2 Å². The number of benzene rings is 2. The Morgan fingerprint density at radius 1 is 0.581 bits per heavy atom. The maximum atomic E-state index is 13.7. The van der Waals surface area contributed by atoms with Crippen LogP contribution in [0, 0.1) is 0 Å². The van der Waals surface area contributed by atoms with E-state index >= 15 is 0 Å². The number of hydrogen-bond donors (Lipinski definition) is 0. The number of aromatic nitrogens is 2. The van der Waals surface area contributed by atoms with Gasteiger partial charge in [0.15, 0.2) is 11.6 Å². The van der Waals surface area contributed by atoms with Crippen molar-refractivity contribution in [1.82, 2.24) is 9.13 Å². The van der Waals surface area contributed by atoms with E-state index in [1.165, 1.54) is 38.4 Å². The van der Waals surface area contributed by atoms with Crippen LogP contribution in [0.25, 0.3) is 0 Å². The van der Waals surface area contributed by atoms with Crippen LogP contribution in [-0.4, -0.2) is 45.9 Å². The third-order valence-corrected chi connectivity index (χ3v) is 6.46. The summed E-state index contributed by atoms with van der Waals surface area (Å²) in [5, 5.41) is 0. The fraction of sp³-hybridized carbons (Fsp3) is 0.188. The van der Waals surface area contributed by atoms with E-state index in [0.29, 0.717) is 0 Å². The lowest BCUT2D eigenvalue weighted by atomic mass is 10.0. The highest BCUT2D eigenvalue weighted by Crippen LogP contribution is 2.30. The second kappa shape index (κ2) is 12.9. The van der Waals surface area contributed by atoms with E-state index in [1.807, 2.05) is 0 Å². The fourth-order valence-corrected chi connectivity index (χ4v) is 4.31. The summed E-state index contributed by atoms with van der Waals surface area (Å²) in [5.41, 5.74) is -2.51. The first kappa shape index (κ1) is 30.4. The summed E-state index contributed by atoms with van der Waals surface area (Å²) < 4.78 is 18.0. The van der Waals surface area contributed by atoms with Crippen LogP contribution in [0.15, 0.2) is 82.4 Å². The molecule has 0 spiro atoms. The van der Waals surface area contributed by atoms with Crippen LogP contribution in [-0.2, 0) is 23.6 Å². The largest absolute Gasteiger partial charge is 0.462 e. The average molecular weight is 585 g/mol. The van der Waals surface area contributed by atoms with Crippen molar-refractivity contribution in [2.75, 3.05) is 13.2 Å². The van der Waals surface area contributed by atoms with E-state index in [2.05, 4.69) is 0 Å². The Bertz CT molecular complexity index is 1700. The highest BCUT2D eigenvalue weighted by atomic mass is 16.5. The lowest BCUT2D eigenvalue weighted by molar-refractivity contribution is 0.0514. The van der Waals surface area contributed by atoms with Gasteiger partial charge in [-0.15, -0.1) is 0 Å². The number of rotatable bonds is 10. The zero-order chi connectivity index (χ0) is 31.3. The Kier molecular flexibility index (Phi) is 9.14. The Balaban J connectivity index is 2.01. The number of carbonyl (C=O) groups is 4. The standard InChI is InChI=1S/C32H28N2O9/c1-5-41-31(39)23-17-21(25(35)19-13-9-7-10-14-19)29(33(3)27(23)37)43-30-22(26(36)20-15-11-8-12-16-20)18-24(28(38)34(30)4)32(40)42-6-2/h7-18H,5-6H2,1-4H3. The van der Waals surface area contributed by atoms with Crippen LogP contribution in [0.3, 0.4) is 0 Å². The Morgan fingerprint density at radius 3 is 1.26 bits per heavy atom. The van der Waals surface area contributed by atoms with Crippen molar-refractivity contribution < 1.29 is 33.4 Å². The molecule has 2 heterocycles. The van der Waals surface area contributed by atoms with Crippen molar-refractivity contribution in [2.24, 2.45) is 14.1 Å². The van der Waals surface area contributed by atoms with Crippen molar-refractivity contribution in [3.8, 4) is 11.8 Å². The molecule has 0 saturated heterocycles. The number of carbonyl (C=O) groups excluding carboxylic acids is 4. The van der Waals surface area contributed by atoms with Gasteiger partial charge >= 0.3 is 11.9 Å². The van der Waals surface area contributed by atoms with Crippen molar-refractivity contribution >= 4 is 23.5 Å². The highest BCUT2D eigenvalue weighted by molar-refractivity contribution is 6.12. The fourth-order valence-electron chi connectivity index (χ4n) is 4.31. The molecule has 11 nitrogen and oxygen atoms in total. The molecule has 0 fully saturated rings. The van der Waals surface area contributed by atoms with Gasteiger partial charge in [-0.25, -0.2) is 9.59 Å². The van der Waals surface area contributed by atoms with E-state index in [4.69, 9.17) is 14.2 Å². The number of ether oxygens (including phenoxy) is 3. The van der Waals surface area contributed by atoms with Gasteiger partial charge in [-0.05, 0) is 26.0 Å². The smallest absolute Gasteiger partial charge is 0.343 e. The van der Waals surface area contributed by atoms with Crippen LogP contribution < -0.4 is 15.9 Å². The van der Waals surface area contributed by atoms with E-state index < -0.39 is 45.8 Å². The molecule has 0 amide bonds. The normalized spacial score (nSPS) is 10.6. The van der Waals surface area contributed by atoms with Crippen LogP contribution >= 0.6 is 0 Å². The molecule has 0 radical (unpaired) electrons. The zero-order valence-corrected chi connectivity index (χ0v) is 23.9. The van der Waals surface area contributed by atoms with Gasteiger partial charge in [0.25, 0.3) is 11.1 Å². The second-order valence-electron chi connectivity index (χ2n) is 9.22. The third kappa shape index (κ3) is 6.05. The Labute approximate surface area is 245 Å². The van der Waals surface area contributed by atoms with Gasteiger partial charge in [0.1, 0.15) is 11.1 Å². The summed E-state index contributed by atoms with van der Waals surface area (Å²) in [6.45, 7) is 3.12. The summed E-state index contributed by atoms with van der Waals surface area (Å²) in [5.74, 6) is -3.81. The van der Waals surface area contributed by atoms with Gasteiger partial charge in [0.05, 0.1) is 24.3 Å². The molecular formula is C32H28N2O9. The predicted molar refractivity (Wildman–Crippen MR) is 155 cm³/mol.